The lowest BCUT2D eigenvalue weighted by Crippen LogP contribution is -2.07. The lowest BCUT2D eigenvalue weighted by atomic mass is 10.1. The number of hydrogen-bond donors (Lipinski definition) is 1. The van der Waals surface area contributed by atoms with Gasteiger partial charge in [0.1, 0.15) is 5.69 Å². The number of benzene rings is 1. The fourth-order valence-corrected chi connectivity index (χ4v) is 3.03. The predicted octanol–water partition coefficient (Wildman–Crippen LogP) is 3.03. The van der Waals surface area contributed by atoms with Crippen LogP contribution in [0.2, 0.25) is 0 Å². The average molecular weight is 387 g/mol. The normalized spacial score (nSPS) is 12.0. The average Bonchev–Trinajstić information content (AvgIpc) is 3.23. The second kappa shape index (κ2) is 6.32. The van der Waals surface area contributed by atoms with Crippen molar-refractivity contribution in [3.05, 3.63) is 59.2 Å². The van der Waals surface area contributed by atoms with Crippen molar-refractivity contribution in [2.75, 3.05) is 5.73 Å². The zero-order valence-corrected chi connectivity index (χ0v) is 15.1. The van der Waals surface area contributed by atoms with Crippen molar-refractivity contribution in [2.24, 2.45) is 7.05 Å². The third kappa shape index (κ3) is 3.06. The van der Waals surface area contributed by atoms with Gasteiger partial charge in [-0.2, -0.15) is 23.4 Å². The molecule has 0 aliphatic carbocycles. The van der Waals surface area contributed by atoms with Crippen LogP contribution in [0.3, 0.4) is 0 Å². The monoisotopic (exact) mass is 387 g/mol. The Morgan fingerprint density at radius 3 is 2.43 bits per heavy atom. The molecule has 1 aromatic carbocycles. The van der Waals surface area contributed by atoms with E-state index in [4.69, 9.17) is 5.73 Å². The highest BCUT2D eigenvalue weighted by molar-refractivity contribution is 5.68. The number of anilines is 1. The molecule has 0 saturated heterocycles. The van der Waals surface area contributed by atoms with Crippen LogP contribution in [0.15, 0.2) is 36.4 Å². The molecule has 0 aliphatic heterocycles. The van der Waals surface area contributed by atoms with Crippen LogP contribution in [0.25, 0.3) is 17.0 Å². The van der Waals surface area contributed by atoms with Gasteiger partial charge in [0.2, 0.25) is 0 Å². The van der Waals surface area contributed by atoms with Gasteiger partial charge in [-0.25, -0.2) is 14.5 Å². The fourth-order valence-electron chi connectivity index (χ4n) is 3.03. The predicted molar refractivity (Wildman–Crippen MR) is 96.4 cm³/mol. The SMILES string of the molecule is Cc1c(-c2cc(C(F)(F)F)nn2C)nc(N)c2nc(Cc3ccccc3)nn12. The third-order valence-electron chi connectivity index (χ3n) is 4.39. The molecule has 7 nitrogen and oxygen atoms in total. The summed E-state index contributed by atoms with van der Waals surface area (Å²) in [5.41, 5.74) is 7.42. The number of halogens is 3. The molecule has 0 bridgehead atoms. The van der Waals surface area contributed by atoms with E-state index in [1.165, 1.54) is 11.6 Å². The summed E-state index contributed by atoms with van der Waals surface area (Å²) in [6.07, 6.45) is -4.05. The van der Waals surface area contributed by atoms with Crippen molar-refractivity contribution in [3.63, 3.8) is 0 Å². The van der Waals surface area contributed by atoms with Crippen molar-refractivity contribution < 1.29 is 13.2 Å². The topological polar surface area (TPSA) is 86.9 Å². The maximum absolute atomic E-state index is 13.0. The number of nitrogen functional groups attached to an aromatic ring is 1. The van der Waals surface area contributed by atoms with Gasteiger partial charge in [-0.1, -0.05) is 30.3 Å². The fraction of sp³-hybridized carbons (Fsp3) is 0.222. The first-order chi connectivity index (χ1) is 13.2. The number of hydrogen-bond acceptors (Lipinski definition) is 5. The van der Waals surface area contributed by atoms with Gasteiger partial charge in [-0.3, -0.25) is 4.68 Å². The molecule has 10 heteroatoms. The van der Waals surface area contributed by atoms with Crippen molar-refractivity contribution >= 4 is 11.5 Å². The van der Waals surface area contributed by atoms with Gasteiger partial charge >= 0.3 is 6.18 Å². The zero-order valence-electron chi connectivity index (χ0n) is 15.1. The van der Waals surface area contributed by atoms with E-state index < -0.39 is 11.9 Å². The minimum atomic E-state index is -4.55. The van der Waals surface area contributed by atoms with E-state index in [0.29, 0.717) is 23.6 Å². The molecule has 28 heavy (non-hydrogen) atoms. The van der Waals surface area contributed by atoms with E-state index in [-0.39, 0.29) is 17.2 Å². The molecule has 3 heterocycles. The van der Waals surface area contributed by atoms with E-state index in [9.17, 15) is 13.2 Å². The molecule has 0 spiro atoms. The molecule has 0 unspecified atom stereocenters. The Labute approximate surface area is 157 Å². The van der Waals surface area contributed by atoms with Crippen molar-refractivity contribution in [2.45, 2.75) is 19.5 Å². The molecule has 0 amide bonds. The molecular formula is C18H16F3N7. The van der Waals surface area contributed by atoms with Crippen LogP contribution in [-0.4, -0.2) is 29.4 Å². The molecule has 3 aromatic heterocycles. The van der Waals surface area contributed by atoms with E-state index in [2.05, 4.69) is 20.2 Å². The van der Waals surface area contributed by atoms with Crippen LogP contribution in [0, 0.1) is 6.92 Å². The molecule has 0 radical (unpaired) electrons. The summed E-state index contributed by atoms with van der Waals surface area (Å²) in [5, 5.41) is 8.01. The summed E-state index contributed by atoms with van der Waals surface area (Å²) < 4.78 is 41.6. The summed E-state index contributed by atoms with van der Waals surface area (Å²) in [7, 11) is 1.42. The molecule has 2 N–H and O–H groups in total. The molecule has 4 rings (SSSR count). The molecule has 144 valence electrons. The Balaban J connectivity index is 1.81. The highest BCUT2D eigenvalue weighted by Gasteiger charge is 2.35. The van der Waals surface area contributed by atoms with Crippen LogP contribution in [0.1, 0.15) is 22.8 Å². The number of fused-ring (bicyclic) bond motifs is 1. The van der Waals surface area contributed by atoms with Gasteiger partial charge < -0.3 is 5.73 Å². The van der Waals surface area contributed by atoms with Gasteiger partial charge in [0, 0.05) is 13.5 Å². The van der Waals surface area contributed by atoms with Crippen molar-refractivity contribution in [1.29, 1.82) is 0 Å². The van der Waals surface area contributed by atoms with E-state index in [0.717, 1.165) is 16.3 Å². The van der Waals surface area contributed by atoms with Gasteiger partial charge in [0.15, 0.2) is 23.0 Å². The third-order valence-corrected chi connectivity index (χ3v) is 4.39. The van der Waals surface area contributed by atoms with Gasteiger partial charge in [-0.05, 0) is 18.6 Å². The van der Waals surface area contributed by atoms with Crippen LogP contribution in [0.4, 0.5) is 19.0 Å². The second-order valence-corrected chi connectivity index (χ2v) is 6.39. The first-order valence-corrected chi connectivity index (χ1v) is 8.41. The Kier molecular flexibility index (Phi) is 4.06. The van der Waals surface area contributed by atoms with Crippen LogP contribution in [-0.2, 0) is 19.6 Å². The number of nitrogens with two attached hydrogens (primary N) is 1. The molecule has 4 aromatic rings. The van der Waals surface area contributed by atoms with Gasteiger partial charge in [-0.15, -0.1) is 0 Å². The number of rotatable bonds is 3. The lowest BCUT2D eigenvalue weighted by molar-refractivity contribution is -0.141. The number of nitrogens with zero attached hydrogens (tertiary/aromatic N) is 6. The minimum absolute atomic E-state index is 0.0853. The second-order valence-electron chi connectivity index (χ2n) is 6.39. The molecule has 0 fully saturated rings. The van der Waals surface area contributed by atoms with E-state index in [1.807, 2.05) is 30.3 Å². The number of aryl methyl sites for hydroxylation is 2. The Morgan fingerprint density at radius 1 is 1.07 bits per heavy atom. The van der Waals surface area contributed by atoms with Crippen LogP contribution < -0.4 is 5.73 Å². The van der Waals surface area contributed by atoms with Crippen molar-refractivity contribution in [1.82, 2.24) is 29.4 Å². The highest BCUT2D eigenvalue weighted by Crippen LogP contribution is 2.32. The smallest absolute Gasteiger partial charge is 0.381 e. The standard InChI is InChI=1S/C18H16F3N7/c1-10-15(12-9-13(18(19,20)21)25-27(12)2)24-16(22)17-23-14(26-28(10)17)8-11-6-4-3-5-7-11/h3-7,9H,8H2,1-2H3,(H2,22,24). The zero-order chi connectivity index (χ0) is 20.1. The number of aromatic nitrogens is 6. The quantitative estimate of drug-likeness (QED) is 0.584. The summed E-state index contributed by atoms with van der Waals surface area (Å²) in [5.74, 6) is 0.628. The summed E-state index contributed by atoms with van der Waals surface area (Å²) in [6, 6.07) is 10.6. The summed E-state index contributed by atoms with van der Waals surface area (Å²) in [4.78, 5) is 8.71. The van der Waals surface area contributed by atoms with Crippen LogP contribution in [0.5, 0.6) is 0 Å². The molecule has 0 atom stereocenters. The Morgan fingerprint density at radius 2 is 1.79 bits per heavy atom. The first-order valence-electron chi connectivity index (χ1n) is 8.41. The Bertz CT molecular complexity index is 1160. The molecular weight excluding hydrogens is 371 g/mol. The lowest BCUT2D eigenvalue weighted by Gasteiger charge is -2.08. The van der Waals surface area contributed by atoms with Gasteiger partial charge in [0.25, 0.3) is 0 Å². The number of alkyl halides is 3. The molecule has 0 aliphatic rings. The largest absolute Gasteiger partial charge is 0.435 e. The maximum Gasteiger partial charge on any atom is 0.435 e. The van der Waals surface area contributed by atoms with E-state index in [1.54, 1.807) is 6.92 Å². The minimum Gasteiger partial charge on any atom is -0.381 e. The highest BCUT2D eigenvalue weighted by atomic mass is 19.4. The van der Waals surface area contributed by atoms with Crippen LogP contribution >= 0.6 is 0 Å². The van der Waals surface area contributed by atoms with Crippen molar-refractivity contribution in [3.8, 4) is 11.4 Å². The maximum atomic E-state index is 13.0. The molecule has 0 saturated carbocycles. The van der Waals surface area contributed by atoms with E-state index >= 15 is 0 Å². The summed E-state index contributed by atoms with van der Waals surface area (Å²) in [6.45, 7) is 1.70. The summed E-state index contributed by atoms with van der Waals surface area (Å²) >= 11 is 0. The van der Waals surface area contributed by atoms with Gasteiger partial charge in [0.05, 0.1) is 11.4 Å². The Hall–Kier alpha value is -3.43. The first kappa shape index (κ1) is 18.0.